The van der Waals surface area contributed by atoms with Gasteiger partial charge in [0, 0.05) is 18.6 Å². The van der Waals surface area contributed by atoms with Gasteiger partial charge >= 0.3 is 0 Å². The molecular formula is C6H8ClNO6S2. The van der Waals surface area contributed by atoms with Crippen molar-refractivity contribution >= 4 is 27.3 Å². The van der Waals surface area contributed by atoms with Crippen molar-refractivity contribution in [1.82, 2.24) is 0 Å². The van der Waals surface area contributed by atoms with E-state index in [9.17, 15) is 24.1 Å². The van der Waals surface area contributed by atoms with Crippen LogP contribution in [-0.2, 0) is 3.74 Å². The lowest BCUT2D eigenvalue weighted by Gasteiger charge is -2.24. The SMILES string of the molecule is CS(C)(O[Cl+3]([O-])([O-])[O-])c1sccc1[N+](=O)[O-]. The van der Waals surface area contributed by atoms with E-state index in [4.69, 9.17) is 0 Å². The molecule has 1 aromatic heterocycles. The molecule has 0 N–H and O–H groups in total. The average molecular weight is 290 g/mol. The van der Waals surface area contributed by atoms with E-state index < -0.39 is 25.5 Å². The van der Waals surface area contributed by atoms with Crippen LogP contribution in [-0.4, -0.2) is 17.4 Å². The monoisotopic (exact) mass is 289 g/mol. The molecule has 0 aliphatic heterocycles. The molecule has 0 fully saturated rings. The van der Waals surface area contributed by atoms with Crippen molar-refractivity contribution in [3.05, 3.63) is 21.6 Å². The number of hydrogen-bond donors (Lipinski definition) is 0. The lowest BCUT2D eigenvalue weighted by molar-refractivity contribution is -1.91. The Balaban J connectivity index is 3.07. The van der Waals surface area contributed by atoms with Crippen LogP contribution in [0.25, 0.3) is 0 Å². The van der Waals surface area contributed by atoms with Crippen LogP contribution in [0, 0.1) is 20.4 Å². The Morgan fingerprint density at radius 1 is 1.44 bits per heavy atom. The van der Waals surface area contributed by atoms with Crippen molar-refractivity contribution in [3.63, 3.8) is 0 Å². The second kappa shape index (κ2) is 4.45. The Morgan fingerprint density at radius 3 is 2.44 bits per heavy atom. The number of hydrogen-bond acceptors (Lipinski definition) is 7. The van der Waals surface area contributed by atoms with Gasteiger partial charge in [0.05, 0.1) is 25.5 Å². The Labute approximate surface area is 98.7 Å². The Bertz CT molecular complexity index is 400. The van der Waals surface area contributed by atoms with Gasteiger partial charge < -0.3 is 0 Å². The zero-order valence-electron chi connectivity index (χ0n) is 8.25. The molecule has 0 aromatic carbocycles. The number of thiophene rings is 1. The van der Waals surface area contributed by atoms with Gasteiger partial charge in [0.25, 0.3) is 5.69 Å². The summed E-state index contributed by atoms with van der Waals surface area (Å²) in [6.07, 6.45) is 2.71. The summed E-state index contributed by atoms with van der Waals surface area (Å²) in [7, 11) is -7.09. The van der Waals surface area contributed by atoms with Crippen LogP contribution >= 0.6 is 21.6 Å². The molecule has 16 heavy (non-hydrogen) atoms. The molecule has 1 heterocycles. The maximum atomic E-state index is 10.6. The molecule has 92 valence electrons. The first-order chi connectivity index (χ1) is 7.13. The normalized spacial score (nSPS) is 13.8. The van der Waals surface area contributed by atoms with Crippen LogP contribution in [0.1, 0.15) is 0 Å². The summed E-state index contributed by atoms with van der Waals surface area (Å²) >= 11 is 0.988. The van der Waals surface area contributed by atoms with Gasteiger partial charge in [-0.05, 0) is 5.38 Å². The van der Waals surface area contributed by atoms with E-state index in [0.29, 0.717) is 0 Å². The zero-order valence-corrected chi connectivity index (χ0v) is 10.6. The highest BCUT2D eigenvalue weighted by Gasteiger charge is 2.39. The van der Waals surface area contributed by atoms with Crippen LogP contribution in [0.2, 0.25) is 0 Å². The van der Waals surface area contributed by atoms with E-state index >= 15 is 0 Å². The van der Waals surface area contributed by atoms with Crippen LogP contribution in [0.3, 0.4) is 0 Å². The highest BCUT2D eigenvalue weighted by atomic mass is 35.7. The van der Waals surface area contributed by atoms with Crippen molar-refractivity contribution in [2.45, 2.75) is 4.21 Å². The van der Waals surface area contributed by atoms with Gasteiger partial charge in [0.1, 0.15) is 3.74 Å². The molecule has 10 heteroatoms. The summed E-state index contributed by atoms with van der Waals surface area (Å²) in [5.74, 6) is 0. The highest BCUT2D eigenvalue weighted by Crippen LogP contribution is 2.57. The van der Waals surface area contributed by atoms with Crippen molar-refractivity contribution in [3.8, 4) is 0 Å². The minimum Gasteiger partial charge on any atom is -0.258 e. The zero-order chi connectivity index (χ0) is 12.6. The number of halogens is 1. The van der Waals surface area contributed by atoms with Crippen LogP contribution < -0.4 is 14.0 Å². The summed E-state index contributed by atoms with van der Waals surface area (Å²) in [6, 6.07) is 1.24. The van der Waals surface area contributed by atoms with Crippen LogP contribution in [0.15, 0.2) is 15.7 Å². The molecule has 1 rings (SSSR count). The lowest BCUT2D eigenvalue weighted by Crippen LogP contribution is -2.61. The second-order valence-corrected chi connectivity index (χ2v) is 8.33. The predicted molar refractivity (Wildman–Crippen MR) is 49.8 cm³/mol. The Kier molecular flexibility index (Phi) is 3.80. The fraction of sp³-hybridized carbons (Fsp3) is 0.333. The van der Waals surface area contributed by atoms with Gasteiger partial charge in [0.15, 0.2) is 4.21 Å². The lowest BCUT2D eigenvalue weighted by atomic mass is 10.6. The molecule has 0 saturated heterocycles. The van der Waals surface area contributed by atoms with Crippen molar-refractivity contribution in [2.75, 3.05) is 12.5 Å². The van der Waals surface area contributed by atoms with Crippen LogP contribution in [0.4, 0.5) is 5.69 Å². The van der Waals surface area contributed by atoms with Gasteiger partial charge in [-0.1, -0.05) is 0 Å². The quantitative estimate of drug-likeness (QED) is 0.513. The van der Waals surface area contributed by atoms with Gasteiger partial charge in [0.2, 0.25) is 0 Å². The number of nitro groups is 1. The van der Waals surface area contributed by atoms with E-state index in [2.05, 4.69) is 3.74 Å². The van der Waals surface area contributed by atoms with Gasteiger partial charge in [-0.15, -0.1) is 11.3 Å². The van der Waals surface area contributed by atoms with E-state index in [1.54, 1.807) is 0 Å². The molecule has 0 unspecified atom stereocenters. The van der Waals surface area contributed by atoms with E-state index in [0.717, 1.165) is 11.3 Å². The van der Waals surface area contributed by atoms with Crippen molar-refractivity contribution in [2.24, 2.45) is 0 Å². The fourth-order valence-corrected chi connectivity index (χ4v) is 5.34. The third-order valence-electron chi connectivity index (χ3n) is 1.49. The maximum Gasteiger partial charge on any atom is 0.294 e. The summed E-state index contributed by atoms with van der Waals surface area (Å²) in [4.78, 5) is 9.99. The summed E-state index contributed by atoms with van der Waals surface area (Å²) < 4.78 is 35.9. The molecule has 7 nitrogen and oxygen atoms in total. The predicted octanol–water partition coefficient (Wildman–Crippen LogP) is -1.09. The molecule has 1 aromatic rings. The topological polar surface area (TPSA) is 122 Å². The Hall–Kier alpha value is -0.420. The maximum absolute atomic E-state index is 10.6. The first kappa shape index (κ1) is 13.6. The molecule has 0 aliphatic rings. The minimum atomic E-state index is -4.60. The molecule has 0 bridgehead atoms. The van der Waals surface area contributed by atoms with Crippen molar-refractivity contribution in [1.29, 1.82) is 0 Å². The first-order valence-electron chi connectivity index (χ1n) is 3.71. The van der Waals surface area contributed by atoms with Gasteiger partial charge in [-0.3, -0.25) is 10.1 Å². The third kappa shape index (κ3) is 3.28. The smallest absolute Gasteiger partial charge is 0.258 e. The van der Waals surface area contributed by atoms with Crippen LogP contribution in [0.5, 0.6) is 0 Å². The van der Waals surface area contributed by atoms with Gasteiger partial charge in [-0.25, -0.2) is 0 Å². The molecule has 0 atom stereocenters. The average Bonchev–Trinajstić information content (AvgIpc) is 2.45. The molecule has 0 aliphatic carbocycles. The largest absolute Gasteiger partial charge is 0.294 e. The van der Waals surface area contributed by atoms with Gasteiger partial charge in [-0.2, -0.15) is 14.0 Å². The fourth-order valence-electron chi connectivity index (χ4n) is 1.01. The summed E-state index contributed by atoms with van der Waals surface area (Å²) in [5.41, 5.74) is -0.233. The van der Waals surface area contributed by atoms with E-state index in [-0.39, 0.29) is 9.90 Å². The molecular weight excluding hydrogens is 282 g/mol. The standard InChI is InChI=1S/C6H8ClNO6S2/c1-16(2,14-7(9,10)11)6-5(8(12)13)3-4-15-6/h3-4H,1-2H3. The molecule has 0 spiro atoms. The Morgan fingerprint density at radius 2 is 2.00 bits per heavy atom. The summed E-state index contributed by atoms with van der Waals surface area (Å²) in [6.45, 7) is 0. The number of nitrogens with zero attached hydrogens (tertiary/aromatic N) is 1. The second-order valence-electron chi connectivity index (χ2n) is 3.02. The minimum absolute atomic E-state index is 0.157. The van der Waals surface area contributed by atoms with E-state index in [1.165, 1.54) is 24.0 Å². The molecule has 0 saturated carbocycles. The molecule has 0 amide bonds. The highest BCUT2D eigenvalue weighted by molar-refractivity contribution is 8.29. The van der Waals surface area contributed by atoms with E-state index in [1.807, 2.05) is 0 Å². The summed E-state index contributed by atoms with van der Waals surface area (Å²) in [5, 5.41) is 12.1. The molecule has 0 radical (unpaired) electrons. The van der Waals surface area contributed by atoms with Crippen molar-refractivity contribution < 1.29 is 32.9 Å². The first-order valence-corrected chi connectivity index (χ1v) is 8.19. The number of rotatable bonds is 4. The third-order valence-corrected chi connectivity index (χ3v) is 6.66.